The average Bonchev–Trinajstić information content (AvgIpc) is 2.32. The van der Waals surface area contributed by atoms with Crippen molar-refractivity contribution in [2.75, 3.05) is 19.4 Å². The highest BCUT2D eigenvalue weighted by Crippen LogP contribution is 2.17. The molecule has 0 saturated carbocycles. The molecule has 0 aliphatic heterocycles. The maximum atomic E-state index is 11.4. The zero-order valence-electron chi connectivity index (χ0n) is 11.8. The molecule has 4 nitrogen and oxygen atoms in total. The molecule has 0 atom stereocenters. The van der Waals surface area contributed by atoms with Crippen molar-refractivity contribution in [3.05, 3.63) is 24.3 Å². The van der Waals surface area contributed by atoms with Gasteiger partial charge in [0.05, 0.1) is 11.5 Å². The van der Waals surface area contributed by atoms with E-state index in [2.05, 4.69) is 19.2 Å². The Hall–Kier alpha value is -1.07. The number of benzene rings is 1. The molecule has 0 fully saturated rings. The molecule has 0 unspecified atom stereocenters. The van der Waals surface area contributed by atoms with Gasteiger partial charge in [0.2, 0.25) is 0 Å². The molecular weight excluding hydrogens is 262 g/mol. The van der Waals surface area contributed by atoms with Gasteiger partial charge >= 0.3 is 0 Å². The third-order valence-corrected chi connectivity index (χ3v) is 3.74. The van der Waals surface area contributed by atoms with Crippen LogP contribution < -0.4 is 10.1 Å². The number of hydrogen-bond donors (Lipinski definition) is 1. The normalized spacial score (nSPS) is 11.8. The molecule has 0 saturated heterocycles. The Labute approximate surface area is 116 Å². The maximum absolute atomic E-state index is 11.4. The van der Waals surface area contributed by atoms with E-state index in [9.17, 15) is 8.42 Å². The molecule has 0 radical (unpaired) electrons. The molecule has 1 aromatic carbocycles. The Morgan fingerprint density at radius 2 is 2.00 bits per heavy atom. The second-order valence-electron chi connectivity index (χ2n) is 4.91. The van der Waals surface area contributed by atoms with Crippen molar-refractivity contribution in [2.24, 2.45) is 0 Å². The minimum absolute atomic E-state index is 0.298. The van der Waals surface area contributed by atoms with E-state index < -0.39 is 9.84 Å². The van der Waals surface area contributed by atoms with Crippen LogP contribution in [0.25, 0.3) is 0 Å². The summed E-state index contributed by atoms with van der Waals surface area (Å²) in [6.45, 7) is 5.82. The third kappa shape index (κ3) is 6.59. The molecule has 1 aromatic rings. The van der Waals surface area contributed by atoms with E-state index in [1.807, 2.05) is 0 Å². The van der Waals surface area contributed by atoms with Gasteiger partial charge in [-0.3, -0.25) is 0 Å². The summed E-state index contributed by atoms with van der Waals surface area (Å²) >= 11 is 0. The maximum Gasteiger partial charge on any atom is 0.175 e. The zero-order chi connectivity index (χ0) is 14.3. The van der Waals surface area contributed by atoms with E-state index in [-0.39, 0.29) is 0 Å². The number of sulfone groups is 1. The molecule has 0 aliphatic rings. The van der Waals surface area contributed by atoms with Gasteiger partial charge in [-0.15, -0.1) is 0 Å². The van der Waals surface area contributed by atoms with Gasteiger partial charge in [-0.05, 0) is 37.6 Å². The molecule has 0 bridgehead atoms. The first-order chi connectivity index (χ1) is 8.89. The fraction of sp³-hybridized carbons (Fsp3) is 0.571. The van der Waals surface area contributed by atoms with Crippen LogP contribution in [0.1, 0.15) is 26.7 Å². The largest absolute Gasteiger partial charge is 0.494 e. The standard InChI is InChI=1S/C14H23NO3S/c1-12(2)15-9-4-5-10-18-13-7-6-8-14(11-13)19(3,16)17/h6-8,11-12,15H,4-5,9-10H2,1-3H3. The highest BCUT2D eigenvalue weighted by molar-refractivity contribution is 7.90. The van der Waals surface area contributed by atoms with Gasteiger partial charge in [0.1, 0.15) is 5.75 Å². The van der Waals surface area contributed by atoms with Crippen LogP contribution in [0.2, 0.25) is 0 Å². The molecule has 19 heavy (non-hydrogen) atoms. The lowest BCUT2D eigenvalue weighted by atomic mass is 10.3. The first kappa shape index (κ1) is 16.0. The highest BCUT2D eigenvalue weighted by atomic mass is 32.2. The first-order valence-electron chi connectivity index (χ1n) is 6.56. The van der Waals surface area contributed by atoms with E-state index in [1.54, 1.807) is 24.3 Å². The lowest BCUT2D eigenvalue weighted by Crippen LogP contribution is -2.23. The minimum Gasteiger partial charge on any atom is -0.494 e. The summed E-state index contributed by atoms with van der Waals surface area (Å²) in [5, 5.41) is 3.34. The lowest BCUT2D eigenvalue weighted by Gasteiger charge is -2.09. The Kier molecular flexibility index (Phi) is 6.31. The summed E-state index contributed by atoms with van der Waals surface area (Å²) in [4.78, 5) is 0.298. The fourth-order valence-corrected chi connectivity index (χ4v) is 2.26. The van der Waals surface area contributed by atoms with Crippen LogP contribution in [-0.4, -0.2) is 33.9 Å². The van der Waals surface area contributed by atoms with Crippen molar-refractivity contribution < 1.29 is 13.2 Å². The number of nitrogens with one attached hydrogen (secondary N) is 1. The predicted molar refractivity (Wildman–Crippen MR) is 77.4 cm³/mol. The molecule has 0 spiro atoms. The number of rotatable bonds is 8. The van der Waals surface area contributed by atoms with Crippen molar-refractivity contribution in [1.82, 2.24) is 5.32 Å². The van der Waals surface area contributed by atoms with Gasteiger partial charge in [-0.1, -0.05) is 19.9 Å². The molecule has 0 heterocycles. The van der Waals surface area contributed by atoms with E-state index in [1.165, 1.54) is 6.26 Å². The van der Waals surface area contributed by atoms with E-state index in [4.69, 9.17) is 4.74 Å². The van der Waals surface area contributed by atoms with Crippen LogP contribution in [0.5, 0.6) is 5.75 Å². The topological polar surface area (TPSA) is 55.4 Å². The van der Waals surface area contributed by atoms with Gasteiger partial charge in [-0.2, -0.15) is 0 Å². The van der Waals surface area contributed by atoms with E-state index in [0.29, 0.717) is 23.3 Å². The second-order valence-corrected chi connectivity index (χ2v) is 6.93. The SMILES string of the molecule is CC(C)NCCCCOc1cccc(S(C)(=O)=O)c1. The molecule has 0 aliphatic carbocycles. The minimum atomic E-state index is -3.16. The van der Waals surface area contributed by atoms with Crippen molar-refractivity contribution >= 4 is 9.84 Å². The number of hydrogen-bond acceptors (Lipinski definition) is 4. The van der Waals surface area contributed by atoms with Crippen LogP contribution in [0.15, 0.2) is 29.2 Å². The van der Waals surface area contributed by atoms with Crippen LogP contribution in [0.4, 0.5) is 0 Å². The third-order valence-electron chi connectivity index (χ3n) is 2.63. The smallest absolute Gasteiger partial charge is 0.175 e. The summed E-state index contributed by atoms with van der Waals surface area (Å²) in [6, 6.07) is 7.14. The lowest BCUT2D eigenvalue weighted by molar-refractivity contribution is 0.304. The van der Waals surface area contributed by atoms with Crippen molar-refractivity contribution in [3.8, 4) is 5.75 Å². The molecular formula is C14H23NO3S. The summed E-state index contributed by atoms with van der Waals surface area (Å²) in [5.41, 5.74) is 0. The van der Waals surface area contributed by atoms with Crippen LogP contribution in [-0.2, 0) is 9.84 Å². The quantitative estimate of drug-likeness (QED) is 0.744. The van der Waals surface area contributed by atoms with Crippen molar-refractivity contribution in [2.45, 2.75) is 37.6 Å². The Morgan fingerprint density at radius 3 is 2.63 bits per heavy atom. The molecule has 0 aromatic heterocycles. The predicted octanol–water partition coefficient (Wildman–Crippen LogP) is 2.25. The molecule has 1 rings (SSSR count). The molecule has 108 valence electrons. The van der Waals surface area contributed by atoms with Crippen LogP contribution in [0.3, 0.4) is 0 Å². The molecule has 5 heteroatoms. The Bertz CT molecular complexity index is 483. The molecule has 1 N–H and O–H groups in total. The van der Waals surface area contributed by atoms with E-state index in [0.717, 1.165) is 19.4 Å². The van der Waals surface area contributed by atoms with Crippen molar-refractivity contribution in [1.29, 1.82) is 0 Å². The summed E-state index contributed by atoms with van der Waals surface area (Å²) in [7, 11) is -3.16. The average molecular weight is 285 g/mol. The van der Waals surface area contributed by atoms with Gasteiger partial charge in [0.15, 0.2) is 9.84 Å². The second kappa shape index (κ2) is 7.50. The monoisotopic (exact) mass is 285 g/mol. The number of unbranched alkanes of at least 4 members (excludes halogenated alkanes) is 1. The highest BCUT2D eigenvalue weighted by Gasteiger charge is 2.07. The summed E-state index contributed by atoms with van der Waals surface area (Å²) in [5.74, 6) is 0.611. The van der Waals surface area contributed by atoms with Gasteiger partial charge in [-0.25, -0.2) is 8.42 Å². The van der Waals surface area contributed by atoms with Gasteiger partial charge in [0.25, 0.3) is 0 Å². The van der Waals surface area contributed by atoms with Crippen LogP contribution >= 0.6 is 0 Å². The summed E-state index contributed by atoms with van der Waals surface area (Å²) in [6.07, 6.45) is 3.19. The summed E-state index contributed by atoms with van der Waals surface area (Å²) < 4.78 is 28.4. The number of ether oxygens (including phenoxy) is 1. The zero-order valence-corrected chi connectivity index (χ0v) is 12.7. The van der Waals surface area contributed by atoms with Crippen LogP contribution in [0, 0.1) is 0 Å². The van der Waals surface area contributed by atoms with Gasteiger partial charge < -0.3 is 10.1 Å². The Morgan fingerprint density at radius 1 is 1.26 bits per heavy atom. The van der Waals surface area contributed by atoms with E-state index >= 15 is 0 Å². The van der Waals surface area contributed by atoms with Gasteiger partial charge in [0, 0.05) is 12.3 Å². The molecule has 0 amide bonds. The Balaban J connectivity index is 2.34. The van der Waals surface area contributed by atoms with Crippen molar-refractivity contribution in [3.63, 3.8) is 0 Å². The fourth-order valence-electron chi connectivity index (χ4n) is 1.60. The first-order valence-corrected chi connectivity index (χ1v) is 8.45.